The van der Waals surface area contributed by atoms with Crippen LogP contribution in [-0.4, -0.2) is 44.9 Å². The Morgan fingerprint density at radius 3 is 1.93 bits per heavy atom. The van der Waals surface area contributed by atoms with Gasteiger partial charge in [0.05, 0.1) is 13.2 Å². The summed E-state index contributed by atoms with van der Waals surface area (Å²) in [6.07, 6.45) is 0. The Hall–Kier alpha value is -2.33. The first kappa shape index (κ1) is 22.7. The molecule has 0 amide bonds. The maximum absolute atomic E-state index is 12.7. The first-order valence-corrected chi connectivity index (χ1v) is 9.76. The van der Waals surface area contributed by atoms with Crippen molar-refractivity contribution in [1.82, 2.24) is 0 Å². The molecule has 27 heavy (non-hydrogen) atoms. The van der Waals surface area contributed by atoms with Crippen LogP contribution in [-0.2, 0) is 32.7 Å². The SMILES string of the molecule is CCOC(=O)C(C#CP(=O)(OC)OC)(Nc1ccc(C)cc1)C(=O)OCC. The molecule has 0 heterocycles. The van der Waals surface area contributed by atoms with E-state index >= 15 is 0 Å². The number of hydrogen-bond acceptors (Lipinski definition) is 8. The first-order valence-electron chi connectivity index (χ1n) is 8.22. The van der Waals surface area contributed by atoms with E-state index in [4.69, 9.17) is 18.5 Å². The zero-order valence-electron chi connectivity index (χ0n) is 16.0. The maximum atomic E-state index is 12.7. The van der Waals surface area contributed by atoms with Gasteiger partial charge in [-0.05, 0) is 38.8 Å². The number of anilines is 1. The van der Waals surface area contributed by atoms with Crippen LogP contribution in [0.4, 0.5) is 5.69 Å². The van der Waals surface area contributed by atoms with Crippen LogP contribution in [0.1, 0.15) is 19.4 Å². The summed E-state index contributed by atoms with van der Waals surface area (Å²) in [5, 5.41) is 2.75. The van der Waals surface area contributed by atoms with Crippen molar-refractivity contribution < 1.29 is 32.7 Å². The first-order chi connectivity index (χ1) is 12.8. The molecule has 0 atom stereocenters. The van der Waals surface area contributed by atoms with Crippen LogP contribution in [0.2, 0.25) is 0 Å². The molecule has 0 unspecified atom stereocenters. The summed E-state index contributed by atoms with van der Waals surface area (Å²) in [6.45, 7) is 5.07. The van der Waals surface area contributed by atoms with Crippen molar-refractivity contribution in [2.45, 2.75) is 26.3 Å². The summed E-state index contributed by atoms with van der Waals surface area (Å²) >= 11 is 0. The van der Waals surface area contributed by atoms with Crippen molar-refractivity contribution in [2.75, 3.05) is 32.8 Å². The smallest absolute Gasteiger partial charge is 0.405 e. The van der Waals surface area contributed by atoms with Crippen LogP contribution in [0, 0.1) is 18.5 Å². The van der Waals surface area contributed by atoms with Crippen LogP contribution in [0.3, 0.4) is 0 Å². The summed E-state index contributed by atoms with van der Waals surface area (Å²) < 4.78 is 31.9. The van der Waals surface area contributed by atoms with E-state index in [1.165, 1.54) is 0 Å². The van der Waals surface area contributed by atoms with Gasteiger partial charge in [-0.1, -0.05) is 17.7 Å². The molecule has 1 rings (SSSR count). The summed E-state index contributed by atoms with van der Waals surface area (Å²) in [4.78, 5) is 25.4. The van der Waals surface area contributed by atoms with Gasteiger partial charge in [-0.2, -0.15) is 0 Å². The van der Waals surface area contributed by atoms with Crippen molar-refractivity contribution in [1.29, 1.82) is 0 Å². The molecule has 0 aliphatic carbocycles. The van der Waals surface area contributed by atoms with Gasteiger partial charge in [0.2, 0.25) is 0 Å². The molecule has 9 heteroatoms. The molecule has 0 radical (unpaired) electrons. The fourth-order valence-electron chi connectivity index (χ4n) is 1.97. The van der Waals surface area contributed by atoms with Gasteiger partial charge in [-0.25, -0.2) is 14.2 Å². The third-order valence-corrected chi connectivity index (χ3v) is 4.75. The fourth-order valence-corrected chi connectivity index (χ4v) is 2.61. The molecule has 0 aliphatic heterocycles. The number of rotatable bonds is 8. The Balaban J connectivity index is 3.55. The van der Waals surface area contributed by atoms with E-state index in [0.29, 0.717) is 5.69 Å². The summed E-state index contributed by atoms with van der Waals surface area (Å²) in [7, 11) is -1.54. The van der Waals surface area contributed by atoms with Gasteiger partial charge < -0.3 is 23.8 Å². The highest BCUT2D eigenvalue weighted by atomic mass is 31.2. The second-order valence-electron chi connectivity index (χ2n) is 5.28. The molecule has 8 nitrogen and oxygen atoms in total. The number of nitrogens with one attached hydrogen (secondary N) is 1. The largest absolute Gasteiger partial charge is 0.463 e. The molecule has 148 valence electrons. The standard InChI is InChI=1S/C18H24NO7P/c1-6-25-16(20)18(17(21)26-7-2,12-13-27(22,23-4)24-5)19-15-10-8-14(3)9-11-15/h8-11,19H,6-7H2,1-5H3. The van der Waals surface area contributed by atoms with Gasteiger partial charge >= 0.3 is 19.5 Å². The molecule has 0 aliphatic rings. The minimum atomic E-state index is -3.82. The number of ether oxygens (including phenoxy) is 2. The summed E-state index contributed by atoms with van der Waals surface area (Å²) in [5.41, 5.74) is 1.40. The second kappa shape index (κ2) is 10.1. The van der Waals surface area contributed by atoms with Crippen LogP contribution in [0.25, 0.3) is 0 Å². The third kappa shape index (κ3) is 5.83. The number of hydrogen-bond donors (Lipinski definition) is 1. The van der Waals surface area contributed by atoms with Gasteiger partial charge in [-0.15, -0.1) is 0 Å². The zero-order valence-corrected chi connectivity index (χ0v) is 16.9. The number of carbonyl (C=O) groups excluding carboxylic acids is 2. The van der Waals surface area contributed by atoms with E-state index in [1.807, 2.05) is 6.92 Å². The van der Waals surface area contributed by atoms with Crippen molar-refractivity contribution in [3.05, 3.63) is 29.8 Å². The molecular formula is C18H24NO7P. The van der Waals surface area contributed by atoms with E-state index in [-0.39, 0.29) is 13.2 Å². The van der Waals surface area contributed by atoms with Crippen molar-refractivity contribution in [3.8, 4) is 11.6 Å². The van der Waals surface area contributed by atoms with Gasteiger partial charge in [0.1, 0.15) is 0 Å². The molecule has 0 aromatic heterocycles. The number of esters is 2. The summed E-state index contributed by atoms with van der Waals surface area (Å²) in [5.74, 6) is 0.404. The molecular weight excluding hydrogens is 373 g/mol. The number of aryl methyl sites for hydroxylation is 1. The molecule has 0 saturated heterocycles. The quantitative estimate of drug-likeness (QED) is 0.309. The highest BCUT2D eigenvalue weighted by Gasteiger charge is 2.49. The lowest BCUT2D eigenvalue weighted by Crippen LogP contribution is -2.54. The van der Waals surface area contributed by atoms with Crippen LogP contribution in [0.15, 0.2) is 24.3 Å². The molecule has 0 saturated carbocycles. The van der Waals surface area contributed by atoms with E-state index in [0.717, 1.165) is 19.8 Å². The predicted molar refractivity (Wildman–Crippen MR) is 100 cm³/mol. The van der Waals surface area contributed by atoms with Gasteiger partial charge in [0.15, 0.2) is 0 Å². The Bertz CT molecular complexity index is 738. The molecule has 1 aromatic rings. The maximum Gasteiger partial charge on any atom is 0.405 e. The summed E-state index contributed by atoms with van der Waals surface area (Å²) in [6, 6.07) is 6.89. The normalized spacial score (nSPS) is 11.1. The highest BCUT2D eigenvalue weighted by Crippen LogP contribution is 2.45. The number of carbonyl (C=O) groups is 2. The molecule has 0 fully saturated rings. The molecule has 0 spiro atoms. The zero-order chi connectivity index (χ0) is 20.5. The predicted octanol–water partition coefficient (Wildman–Crippen LogP) is 2.72. The minimum absolute atomic E-state index is 0.00343. The lowest BCUT2D eigenvalue weighted by atomic mass is 10.00. The van der Waals surface area contributed by atoms with Crippen molar-refractivity contribution >= 4 is 25.2 Å². The van der Waals surface area contributed by atoms with Crippen LogP contribution < -0.4 is 5.32 Å². The molecule has 0 bridgehead atoms. The minimum Gasteiger partial charge on any atom is -0.463 e. The van der Waals surface area contributed by atoms with Gasteiger partial charge in [0.25, 0.3) is 5.54 Å². The van der Waals surface area contributed by atoms with Crippen LogP contribution in [0.5, 0.6) is 0 Å². The second-order valence-corrected chi connectivity index (χ2v) is 7.23. The lowest BCUT2D eigenvalue weighted by Gasteiger charge is -2.26. The Morgan fingerprint density at radius 2 is 1.52 bits per heavy atom. The average Bonchev–Trinajstić information content (AvgIpc) is 2.66. The van der Waals surface area contributed by atoms with E-state index in [1.54, 1.807) is 38.1 Å². The Kier molecular flexibility index (Phi) is 8.51. The average molecular weight is 397 g/mol. The topological polar surface area (TPSA) is 100 Å². The van der Waals surface area contributed by atoms with Crippen molar-refractivity contribution in [2.24, 2.45) is 0 Å². The Morgan fingerprint density at radius 1 is 1.04 bits per heavy atom. The van der Waals surface area contributed by atoms with Gasteiger partial charge in [-0.3, -0.25) is 0 Å². The number of benzene rings is 1. The van der Waals surface area contributed by atoms with Gasteiger partial charge in [0, 0.05) is 25.6 Å². The van der Waals surface area contributed by atoms with E-state index < -0.39 is 25.1 Å². The monoisotopic (exact) mass is 397 g/mol. The Labute approximate surface area is 159 Å². The fraction of sp³-hybridized carbons (Fsp3) is 0.444. The van der Waals surface area contributed by atoms with E-state index in [2.05, 4.69) is 16.9 Å². The third-order valence-electron chi connectivity index (χ3n) is 3.41. The highest BCUT2D eigenvalue weighted by molar-refractivity contribution is 7.59. The molecule has 1 aromatic carbocycles. The van der Waals surface area contributed by atoms with Crippen LogP contribution >= 0.6 is 7.60 Å². The molecule has 1 N–H and O–H groups in total. The van der Waals surface area contributed by atoms with Crippen molar-refractivity contribution in [3.63, 3.8) is 0 Å². The lowest BCUT2D eigenvalue weighted by molar-refractivity contribution is -0.159. The van der Waals surface area contributed by atoms with E-state index in [9.17, 15) is 14.2 Å².